The number of nitrogens with zero attached hydrogens (tertiary/aromatic N) is 2. The van der Waals surface area contributed by atoms with Crippen LogP contribution in [-0.2, 0) is 11.3 Å². The van der Waals surface area contributed by atoms with E-state index in [0.29, 0.717) is 18.1 Å². The molecule has 1 aromatic heterocycles. The molecule has 1 heterocycles. The fourth-order valence-corrected chi connectivity index (χ4v) is 0.665. The lowest BCUT2D eigenvalue weighted by Crippen LogP contribution is -2.21. The van der Waals surface area contributed by atoms with Crippen molar-refractivity contribution < 1.29 is 27.8 Å². The Morgan fingerprint density at radius 2 is 1.94 bits per heavy atom. The fraction of sp³-hybridized carbons (Fsp3) is 0.375. The van der Waals surface area contributed by atoms with Crippen molar-refractivity contribution in [1.29, 1.82) is 0 Å². The third-order valence-electron chi connectivity index (χ3n) is 1.36. The molecule has 96 valence electrons. The number of methoxy groups -OCH3 is 1. The van der Waals surface area contributed by atoms with Gasteiger partial charge >= 0.3 is 12.1 Å². The summed E-state index contributed by atoms with van der Waals surface area (Å²) in [7, 11) is 1.54. The van der Waals surface area contributed by atoms with Crippen LogP contribution in [0.2, 0.25) is 0 Å². The van der Waals surface area contributed by atoms with Gasteiger partial charge in [-0.3, -0.25) is 4.98 Å². The average Bonchev–Trinajstić information content (AvgIpc) is 2.28. The van der Waals surface area contributed by atoms with Crippen LogP contribution in [0.4, 0.5) is 13.2 Å². The molecule has 0 amide bonds. The third-order valence-corrected chi connectivity index (χ3v) is 1.36. The maximum atomic E-state index is 10.6. The summed E-state index contributed by atoms with van der Waals surface area (Å²) in [6, 6.07) is 0. The van der Waals surface area contributed by atoms with Crippen molar-refractivity contribution in [1.82, 2.24) is 9.97 Å². The van der Waals surface area contributed by atoms with Crippen LogP contribution in [-0.4, -0.2) is 34.3 Å². The zero-order chi connectivity index (χ0) is 13.5. The van der Waals surface area contributed by atoms with Crippen LogP contribution in [0.25, 0.3) is 0 Å². The average molecular weight is 253 g/mol. The SMILES string of the molecule is COc1nccnc1CN.O=C(O)C(F)(F)F. The van der Waals surface area contributed by atoms with Crippen molar-refractivity contribution in [2.75, 3.05) is 7.11 Å². The van der Waals surface area contributed by atoms with Crippen molar-refractivity contribution in [2.45, 2.75) is 12.7 Å². The first-order valence-corrected chi connectivity index (χ1v) is 4.17. The maximum Gasteiger partial charge on any atom is 0.490 e. The van der Waals surface area contributed by atoms with Crippen molar-refractivity contribution >= 4 is 5.97 Å². The van der Waals surface area contributed by atoms with E-state index in [1.165, 1.54) is 0 Å². The Kier molecular flexibility index (Phi) is 5.89. The second-order valence-corrected chi connectivity index (χ2v) is 2.52. The van der Waals surface area contributed by atoms with Gasteiger partial charge in [0.15, 0.2) is 0 Å². The molecule has 0 unspecified atom stereocenters. The van der Waals surface area contributed by atoms with Gasteiger partial charge in [-0.05, 0) is 0 Å². The van der Waals surface area contributed by atoms with Crippen LogP contribution in [0, 0.1) is 0 Å². The van der Waals surface area contributed by atoms with E-state index in [1.807, 2.05) is 0 Å². The van der Waals surface area contributed by atoms with E-state index in [0.717, 1.165) is 0 Å². The number of alkyl halides is 3. The molecule has 1 rings (SSSR count). The predicted octanol–water partition coefficient (Wildman–Crippen LogP) is 0.577. The number of nitrogens with two attached hydrogens (primary N) is 1. The summed E-state index contributed by atoms with van der Waals surface area (Å²) in [5.74, 6) is -2.25. The smallest absolute Gasteiger partial charge is 0.480 e. The number of aliphatic carboxylic acids is 1. The van der Waals surface area contributed by atoms with E-state index in [9.17, 15) is 13.2 Å². The highest BCUT2D eigenvalue weighted by Crippen LogP contribution is 2.13. The monoisotopic (exact) mass is 253 g/mol. The minimum Gasteiger partial charge on any atom is -0.480 e. The van der Waals surface area contributed by atoms with Crippen LogP contribution in [0.15, 0.2) is 12.4 Å². The molecular weight excluding hydrogens is 243 g/mol. The predicted molar refractivity (Wildman–Crippen MR) is 50.2 cm³/mol. The summed E-state index contributed by atoms with van der Waals surface area (Å²) in [4.78, 5) is 16.8. The number of carboxylic acids is 1. The van der Waals surface area contributed by atoms with Gasteiger partial charge in [-0.25, -0.2) is 9.78 Å². The molecule has 6 nitrogen and oxygen atoms in total. The number of hydrogen-bond acceptors (Lipinski definition) is 5. The number of carbonyl (C=O) groups is 1. The Bertz CT molecular complexity index is 348. The van der Waals surface area contributed by atoms with Gasteiger partial charge in [0, 0.05) is 18.9 Å². The number of carboxylic acid groups (broad SMARTS) is 1. The van der Waals surface area contributed by atoms with Gasteiger partial charge in [0.1, 0.15) is 5.69 Å². The van der Waals surface area contributed by atoms with Gasteiger partial charge in [-0.15, -0.1) is 0 Å². The topological polar surface area (TPSA) is 98.3 Å². The Morgan fingerprint density at radius 1 is 1.47 bits per heavy atom. The second-order valence-electron chi connectivity index (χ2n) is 2.52. The molecule has 0 atom stereocenters. The maximum absolute atomic E-state index is 10.6. The summed E-state index contributed by atoms with van der Waals surface area (Å²) in [5, 5.41) is 7.12. The molecule has 0 saturated carbocycles. The van der Waals surface area contributed by atoms with E-state index in [4.69, 9.17) is 20.4 Å². The normalized spacial score (nSPS) is 10.2. The van der Waals surface area contributed by atoms with Gasteiger partial charge in [0.05, 0.1) is 7.11 Å². The highest BCUT2D eigenvalue weighted by Gasteiger charge is 2.38. The number of ether oxygens (including phenoxy) is 1. The number of halogens is 3. The molecule has 9 heteroatoms. The molecule has 0 fully saturated rings. The van der Waals surface area contributed by atoms with Crippen LogP contribution in [0.5, 0.6) is 5.88 Å². The molecule has 0 radical (unpaired) electrons. The van der Waals surface area contributed by atoms with Crippen LogP contribution >= 0.6 is 0 Å². The van der Waals surface area contributed by atoms with Crippen LogP contribution in [0.1, 0.15) is 5.69 Å². The second kappa shape index (κ2) is 6.63. The lowest BCUT2D eigenvalue weighted by molar-refractivity contribution is -0.192. The molecule has 0 bridgehead atoms. The van der Waals surface area contributed by atoms with Gasteiger partial charge in [-0.2, -0.15) is 13.2 Å². The summed E-state index contributed by atoms with van der Waals surface area (Å²) in [6.07, 6.45) is -1.93. The Hall–Kier alpha value is -1.90. The molecule has 0 aromatic carbocycles. The first kappa shape index (κ1) is 15.1. The molecule has 1 aromatic rings. The zero-order valence-corrected chi connectivity index (χ0v) is 8.73. The van der Waals surface area contributed by atoms with E-state index in [2.05, 4.69) is 9.97 Å². The molecule has 0 aliphatic heterocycles. The fourth-order valence-electron chi connectivity index (χ4n) is 0.665. The van der Waals surface area contributed by atoms with Gasteiger partial charge < -0.3 is 15.6 Å². The number of hydrogen-bond donors (Lipinski definition) is 2. The molecule has 3 N–H and O–H groups in total. The highest BCUT2D eigenvalue weighted by atomic mass is 19.4. The molecule has 0 aliphatic carbocycles. The number of rotatable bonds is 2. The summed E-state index contributed by atoms with van der Waals surface area (Å²) in [6.45, 7) is 0.358. The van der Waals surface area contributed by atoms with Gasteiger partial charge in [0.25, 0.3) is 0 Å². The van der Waals surface area contributed by atoms with Crippen molar-refractivity contribution in [3.8, 4) is 5.88 Å². The standard InChI is InChI=1S/C6H9N3O.C2HF3O2/c1-10-6-5(4-7)8-2-3-9-6;3-2(4,5)1(6)7/h2-3H,4,7H2,1H3;(H,6,7). The molecule has 17 heavy (non-hydrogen) atoms. The van der Waals surface area contributed by atoms with Crippen molar-refractivity contribution in [3.63, 3.8) is 0 Å². The highest BCUT2D eigenvalue weighted by molar-refractivity contribution is 5.73. The lowest BCUT2D eigenvalue weighted by Gasteiger charge is -2.01. The van der Waals surface area contributed by atoms with Crippen LogP contribution in [0.3, 0.4) is 0 Å². The molecule has 0 aliphatic rings. The van der Waals surface area contributed by atoms with E-state index >= 15 is 0 Å². The van der Waals surface area contributed by atoms with Crippen molar-refractivity contribution in [3.05, 3.63) is 18.1 Å². The quantitative estimate of drug-likeness (QED) is 0.799. The Morgan fingerprint density at radius 3 is 2.24 bits per heavy atom. The summed E-state index contributed by atoms with van der Waals surface area (Å²) < 4.78 is 36.6. The van der Waals surface area contributed by atoms with Crippen LogP contribution < -0.4 is 10.5 Å². The van der Waals surface area contributed by atoms with Gasteiger partial charge in [-0.1, -0.05) is 0 Å². The lowest BCUT2D eigenvalue weighted by atomic mass is 10.4. The molecule has 0 saturated heterocycles. The van der Waals surface area contributed by atoms with Gasteiger partial charge in [0.2, 0.25) is 5.88 Å². The van der Waals surface area contributed by atoms with E-state index in [1.54, 1.807) is 19.5 Å². The number of aromatic nitrogens is 2. The van der Waals surface area contributed by atoms with Crippen molar-refractivity contribution in [2.24, 2.45) is 5.73 Å². The first-order chi connectivity index (χ1) is 7.82. The third kappa shape index (κ3) is 5.66. The minimum absolute atomic E-state index is 0.358. The largest absolute Gasteiger partial charge is 0.490 e. The minimum atomic E-state index is -5.08. The van der Waals surface area contributed by atoms with E-state index in [-0.39, 0.29) is 0 Å². The Balaban J connectivity index is 0.000000325. The summed E-state index contributed by atoms with van der Waals surface area (Å²) in [5.41, 5.74) is 6.03. The Labute approximate surface area is 94.2 Å². The molecule has 0 spiro atoms. The first-order valence-electron chi connectivity index (χ1n) is 4.17. The van der Waals surface area contributed by atoms with E-state index < -0.39 is 12.1 Å². The zero-order valence-electron chi connectivity index (χ0n) is 8.73. The molecular formula is C8H10F3N3O3. The summed E-state index contributed by atoms with van der Waals surface area (Å²) >= 11 is 0.